The Kier molecular flexibility index (Phi) is 17.7. The van der Waals surface area contributed by atoms with Crippen LogP contribution in [0.15, 0.2) is 170 Å². The average Bonchev–Trinajstić information content (AvgIpc) is 3.97. The molecule has 2 N–H and O–H groups in total. The van der Waals surface area contributed by atoms with Crippen LogP contribution in [0.2, 0.25) is 0 Å². The number of para-hydroxylation sites is 2. The Hall–Kier alpha value is -8.53. The van der Waals surface area contributed by atoms with Gasteiger partial charge in [0.2, 0.25) is 0 Å². The number of hydrogen-bond donors (Lipinski definition) is 2. The third kappa shape index (κ3) is 12.4. The first-order chi connectivity index (χ1) is 39.5. The van der Waals surface area contributed by atoms with Crippen LogP contribution in [0.25, 0.3) is 43.1 Å². The van der Waals surface area contributed by atoms with E-state index in [0.717, 1.165) is 95.9 Å². The quantitative estimate of drug-likeness (QED) is 0.0440. The number of unbranched alkanes of at least 4 members (excludes halogenated alkanes) is 1. The highest BCUT2D eigenvalue weighted by atomic mass is 16.5. The van der Waals surface area contributed by atoms with Crippen molar-refractivity contribution in [1.82, 2.24) is 34.6 Å². The number of aryl methyl sites for hydroxylation is 1. The summed E-state index contributed by atoms with van der Waals surface area (Å²) >= 11 is 0. The highest BCUT2D eigenvalue weighted by Crippen LogP contribution is 2.38. The number of rotatable bonds is 24. The highest BCUT2D eigenvalue weighted by Gasteiger charge is 2.25. The Labute approximate surface area is 474 Å². The third-order valence-corrected chi connectivity index (χ3v) is 15.0. The average molecular weight is 1080 g/mol. The van der Waals surface area contributed by atoms with Crippen molar-refractivity contribution in [3.8, 4) is 17.2 Å². The highest BCUT2D eigenvalue weighted by molar-refractivity contribution is 6.17. The molecule has 0 fully saturated rings. The zero-order valence-corrected chi connectivity index (χ0v) is 46.5. The first kappa shape index (κ1) is 55.8. The lowest BCUT2D eigenvalue weighted by molar-refractivity contribution is 0.0770. The van der Waals surface area contributed by atoms with Crippen molar-refractivity contribution in [1.29, 1.82) is 0 Å². The lowest BCUT2D eigenvalue weighted by Crippen LogP contribution is -2.28. The van der Waals surface area contributed by atoms with E-state index in [1.165, 1.54) is 0 Å². The van der Waals surface area contributed by atoms with Crippen LogP contribution in [0, 0.1) is 0 Å². The molecule has 14 nitrogen and oxygen atoms in total. The maximum absolute atomic E-state index is 15.0. The number of benzene rings is 9. The molecule has 10 aromatic rings. The number of aromatic nitrogens is 3. The van der Waals surface area contributed by atoms with Crippen LogP contribution < -0.4 is 14.0 Å². The molecule has 16 heteroatoms. The fourth-order valence-corrected chi connectivity index (χ4v) is 11.1. The molecular weight excluding hydrogens is 1010 g/mol. The fraction of sp³-hybridized carbons (Fsp3) is 0.231. The molecule has 0 aliphatic rings. The second kappa shape index (κ2) is 25.7. The lowest BCUT2D eigenvalue weighted by Gasteiger charge is -2.25. The third-order valence-electron chi connectivity index (χ3n) is 15.0. The van der Waals surface area contributed by atoms with Crippen molar-refractivity contribution < 1.29 is 33.7 Å². The van der Waals surface area contributed by atoms with Crippen molar-refractivity contribution in [2.75, 3.05) is 28.2 Å². The summed E-state index contributed by atoms with van der Waals surface area (Å²) in [5, 5.41) is 36.1. The Balaban J connectivity index is 0.942. The minimum Gasteiger partial charge on any atom is -0.537 e. The van der Waals surface area contributed by atoms with Crippen molar-refractivity contribution in [2.24, 2.45) is 0 Å². The molecule has 0 unspecified atom stereocenters. The van der Waals surface area contributed by atoms with Crippen LogP contribution in [0.4, 0.5) is 0 Å². The molecule has 0 saturated heterocycles. The Morgan fingerprint density at radius 3 is 1.35 bits per heavy atom. The van der Waals surface area contributed by atoms with Gasteiger partial charge in [-0.3, -0.25) is 24.1 Å². The molecule has 408 valence electrons. The molecule has 0 saturated carbocycles. The summed E-state index contributed by atoms with van der Waals surface area (Å²) < 4.78 is 19.2. The van der Waals surface area contributed by atoms with E-state index in [0.29, 0.717) is 76.4 Å². The molecule has 0 bridgehead atoms. The first-order valence-electron chi connectivity index (χ1n) is 27.3. The van der Waals surface area contributed by atoms with Crippen LogP contribution in [0.3, 0.4) is 0 Å². The molecule has 2 amide bonds. The van der Waals surface area contributed by atoms with Crippen LogP contribution in [0.1, 0.15) is 79.6 Å². The van der Waals surface area contributed by atoms with Crippen molar-refractivity contribution in [3.63, 3.8) is 0 Å². The van der Waals surface area contributed by atoms with Gasteiger partial charge in [0.25, 0.3) is 11.8 Å². The van der Waals surface area contributed by atoms with Crippen LogP contribution >= 0.6 is 0 Å². The number of hydrogen-bond acceptors (Lipinski definition) is 11. The van der Waals surface area contributed by atoms with E-state index in [1.54, 1.807) is 39.7 Å². The summed E-state index contributed by atoms with van der Waals surface area (Å²) in [6.07, 6.45) is 3.83. The van der Waals surface area contributed by atoms with Gasteiger partial charge < -0.3 is 33.9 Å². The topological polar surface area (TPSA) is 146 Å². The Morgan fingerprint density at radius 1 is 0.506 bits per heavy atom. The van der Waals surface area contributed by atoms with E-state index in [-0.39, 0.29) is 30.7 Å². The van der Waals surface area contributed by atoms with Gasteiger partial charge in [-0.05, 0) is 116 Å². The fourth-order valence-electron chi connectivity index (χ4n) is 11.1. The van der Waals surface area contributed by atoms with E-state index in [4.69, 9.17) is 14.0 Å². The lowest BCUT2D eigenvalue weighted by atomic mass is 9.91. The molecule has 10 rings (SSSR count). The van der Waals surface area contributed by atoms with Gasteiger partial charge in [-0.15, -0.1) is 5.10 Å². The van der Waals surface area contributed by atoms with Gasteiger partial charge in [0.05, 0.1) is 11.8 Å². The molecule has 9 aromatic carbocycles. The predicted molar refractivity (Wildman–Crippen MR) is 321 cm³/mol. The number of amides is 2. The second-order valence-electron chi connectivity index (χ2n) is 20.8. The minimum absolute atomic E-state index is 0.0361. The van der Waals surface area contributed by atoms with E-state index >= 15 is 4.79 Å². The molecule has 0 aliphatic heterocycles. The van der Waals surface area contributed by atoms with E-state index in [9.17, 15) is 14.8 Å². The number of carbonyl (C=O) groups excluding carboxylic acids is 2. The largest absolute Gasteiger partial charge is 0.569 e. The molecular formula is C65H65B2N7O7. The molecule has 1 aromatic heterocycles. The standard InChI is InChI=1S/C65H65B2N7O7/c1-6-7-34-74-38-47(68-69-74)43-79-63-35-44(64(75)72(4)41-59-52-26-14-10-22-48(52)57(49-23-11-15-27-53(49)59)39-70(2)36-45-20-8-18-30-61(45)80-66-77)32-33-56(63)65(76)73(5)42-60-54-28-16-12-24-50(54)58(51-25-13-17-29-55(51)60)40-71(3)37-46-21-9-19-31-62(46)81-67-78/h8-33,35,38,77-78H,6-7,34,36-37,39-43H2,1-5H3. The number of fused-ring (bicyclic) bond motifs is 4. The van der Waals surface area contributed by atoms with Crippen LogP contribution in [-0.2, 0) is 52.4 Å². The summed E-state index contributed by atoms with van der Waals surface area (Å²) in [6, 6.07) is 53.8. The molecule has 2 radical (unpaired) electrons. The van der Waals surface area contributed by atoms with Crippen LogP contribution in [-0.4, -0.2) is 100 Å². The van der Waals surface area contributed by atoms with Crippen molar-refractivity contribution in [2.45, 2.75) is 72.2 Å². The molecule has 81 heavy (non-hydrogen) atoms. The summed E-state index contributed by atoms with van der Waals surface area (Å²) in [5.41, 5.74) is 7.52. The van der Waals surface area contributed by atoms with Gasteiger partial charge in [0, 0.05) is 76.6 Å². The van der Waals surface area contributed by atoms with Crippen LogP contribution in [0.5, 0.6) is 17.2 Å². The molecule has 0 spiro atoms. The van der Waals surface area contributed by atoms with Gasteiger partial charge in [0.15, 0.2) is 0 Å². The smallest absolute Gasteiger partial charge is 0.537 e. The van der Waals surface area contributed by atoms with E-state index < -0.39 is 0 Å². The predicted octanol–water partition coefficient (Wildman–Crippen LogP) is 10.9. The summed E-state index contributed by atoms with van der Waals surface area (Å²) in [7, 11) is 9.16. The number of nitrogens with zero attached hydrogens (tertiary/aromatic N) is 7. The SMILES string of the molecule is CCCCn1cc(COc2cc(C(=O)N(C)Cc3c4ccccc4c(CN(C)Cc4ccccc4O[B]O)c4ccccc34)ccc2C(=O)N(C)Cc2c3ccccc3c(CN(C)Cc3ccccc3O[B]O)c3ccccc23)nn1. The van der Waals surface area contributed by atoms with Crippen molar-refractivity contribution >= 4 is 70.3 Å². The van der Waals surface area contributed by atoms with E-state index in [2.05, 4.69) is 89.7 Å². The number of ether oxygens (including phenoxy) is 1. The van der Waals surface area contributed by atoms with Gasteiger partial charge in [-0.2, -0.15) is 0 Å². The van der Waals surface area contributed by atoms with Crippen molar-refractivity contribution in [3.05, 3.63) is 220 Å². The second-order valence-corrected chi connectivity index (χ2v) is 20.8. The Bertz CT molecular complexity index is 3760. The monoisotopic (exact) mass is 1080 g/mol. The molecule has 0 atom stereocenters. The molecule has 1 heterocycles. The zero-order chi connectivity index (χ0) is 56.4. The van der Waals surface area contributed by atoms with Gasteiger partial charge >= 0.3 is 15.4 Å². The van der Waals surface area contributed by atoms with E-state index in [1.807, 2.05) is 110 Å². The van der Waals surface area contributed by atoms with Gasteiger partial charge in [-0.1, -0.05) is 152 Å². The van der Waals surface area contributed by atoms with Gasteiger partial charge in [0.1, 0.15) is 29.5 Å². The summed E-state index contributed by atoms with van der Waals surface area (Å²) in [6.45, 7) is 5.90. The maximum atomic E-state index is 15.0. The maximum Gasteiger partial charge on any atom is 0.569 e. The molecule has 0 aliphatic carbocycles. The number of carbonyl (C=O) groups is 2. The minimum atomic E-state index is -0.271. The van der Waals surface area contributed by atoms with Gasteiger partial charge in [-0.25, -0.2) is 0 Å². The summed E-state index contributed by atoms with van der Waals surface area (Å²) in [4.78, 5) is 37.8. The summed E-state index contributed by atoms with van der Waals surface area (Å²) in [5.74, 6) is 0.940. The first-order valence-corrected chi connectivity index (χ1v) is 27.3. The normalized spacial score (nSPS) is 11.5. The zero-order valence-electron chi connectivity index (χ0n) is 46.5. The Morgan fingerprint density at radius 2 is 0.914 bits per heavy atom.